The zero-order valence-electron chi connectivity index (χ0n) is 26.2. The van der Waals surface area contributed by atoms with Gasteiger partial charge in [-0.2, -0.15) is 0 Å². The van der Waals surface area contributed by atoms with Crippen LogP contribution in [0.1, 0.15) is 110 Å². The number of hydrogen-bond acceptors (Lipinski definition) is 3. The fraction of sp³-hybridized carbons (Fsp3) is 0.606. The van der Waals surface area contributed by atoms with E-state index in [0.29, 0.717) is 24.8 Å². The normalized spacial score (nSPS) is 17.7. The molecular weight excluding hydrogens is 716 g/mol. The molecule has 3 fully saturated rings. The third-order valence-corrected chi connectivity index (χ3v) is 9.95. The van der Waals surface area contributed by atoms with Crippen LogP contribution in [0.4, 0.5) is 0 Å². The van der Waals surface area contributed by atoms with Gasteiger partial charge in [-0.3, -0.25) is 4.79 Å². The van der Waals surface area contributed by atoms with Gasteiger partial charge in [0.1, 0.15) is 5.78 Å². The molecule has 2 unspecified atom stereocenters. The third kappa shape index (κ3) is 22.5. The summed E-state index contributed by atoms with van der Waals surface area (Å²) in [7, 11) is 0.917. The number of rotatable bonds is 6. The largest absolute Gasteiger partial charge is 0.390 e. The van der Waals surface area contributed by atoms with Crippen LogP contribution in [0.5, 0.6) is 0 Å². The SMILES string of the molecule is CCCP.O=C1CCCCC1.[2H]PI.[Mn].c1ccc([SiH](OC2CCCCC2)OC2CCCCC2)cc1.c1ccccc1. The Hall–Kier alpha value is 0.356. The molecule has 3 aliphatic rings. The van der Waals surface area contributed by atoms with Crippen molar-refractivity contribution in [2.75, 3.05) is 6.16 Å². The Labute approximate surface area is 283 Å². The molecule has 0 aromatic heterocycles. The van der Waals surface area contributed by atoms with Gasteiger partial charge in [-0.25, -0.2) is 0 Å². The van der Waals surface area contributed by atoms with Crippen molar-refractivity contribution in [1.29, 1.82) is 1.28 Å². The zero-order chi connectivity index (χ0) is 29.8. The van der Waals surface area contributed by atoms with E-state index in [9.17, 15) is 4.79 Å². The Kier molecular flexibility index (Phi) is 29.2. The first-order chi connectivity index (χ1) is 20.1. The quantitative estimate of drug-likeness (QED) is 0.167. The van der Waals surface area contributed by atoms with Gasteiger partial charge in [0.05, 0.1) is 1.28 Å². The van der Waals surface area contributed by atoms with E-state index in [1.165, 1.54) is 88.4 Å². The van der Waals surface area contributed by atoms with Crippen molar-refractivity contribution >= 4 is 58.4 Å². The van der Waals surface area contributed by atoms with Crippen LogP contribution in [0.2, 0.25) is 0 Å². The second-order valence-corrected chi connectivity index (χ2v) is 13.0. The van der Waals surface area contributed by atoms with Crippen molar-refractivity contribution in [3.05, 3.63) is 66.7 Å². The number of Topliss-reactive ketones (excluding diaryl/α,β-unsaturated/α-hetero) is 1. The van der Waals surface area contributed by atoms with Crippen LogP contribution in [0.25, 0.3) is 0 Å². The van der Waals surface area contributed by atoms with Crippen molar-refractivity contribution in [3.8, 4) is 0 Å². The first kappa shape index (κ1) is 39.4. The predicted octanol–water partition coefficient (Wildman–Crippen LogP) is 9.50. The van der Waals surface area contributed by atoms with Crippen LogP contribution in [-0.2, 0) is 30.7 Å². The van der Waals surface area contributed by atoms with Crippen LogP contribution in [0, 0.1) is 0 Å². The van der Waals surface area contributed by atoms with E-state index in [0.717, 1.165) is 25.7 Å². The molecule has 3 aliphatic carbocycles. The van der Waals surface area contributed by atoms with Gasteiger partial charge in [0.2, 0.25) is 0 Å². The summed E-state index contributed by atoms with van der Waals surface area (Å²) in [4.78, 5) is 10.5. The topological polar surface area (TPSA) is 35.5 Å². The zero-order valence-corrected chi connectivity index (χ0v) is 31.8. The maximum Gasteiger partial charge on any atom is 0.356 e. The molecule has 0 saturated heterocycles. The Morgan fingerprint density at radius 3 is 1.41 bits per heavy atom. The van der Waals surface area contributed by atoms with E-state index in [4.69, 9.17) is 10.1 Å². The molecule has 0 heterocycles. The Morgan fingerprint density at radius 1 is 0.756 bits per heavy atom. The first-order valence-corrected chi connectivity index (χ1v) is 21.4. The van der Waals surface area contributed by atoms with E-state index in [-0.39, 0.29) is 17.1 Å². The van der Waals surface area contributed by atoms with Crippen molar-refractivity contribution in [3.63, 3.8) is 0 Å². The average molecular weight is 773 g/mol. The molecule has 0 amide bonds. The number of carbonyl (C=O) groups excluding carboxylic acids is 1. The second kappa shape index (κ2) is 30.4. The monoisotopic (exact) mass is 772 g/mol. The standard InChI is InChI=1S/C18H28O2Si.C6H10O.C6H6.C3H9P.H2IP.Mn/c1-4-10-16(11-5-1)19-21(18-14-8-3-9-15-18)20-17-12-6-2-7-13-17;7-6-4-2-1-3-5-6;1-2-4-6-5-3-1;1-2-3-4;1-2;/h3,8-9,14-17,21H,1-2,4-7,10-13H2;1-5H2;1-6H;2-4H2,1H3;2H2;/i;;;;2D;. The summed E-state index contributed by atoms with van der Waals surface area (Å²) in [5.41, 5.74) is 0. The first-order valence-electron chi connectivity index (χ1n) is 16.0. The van der Waals surface area contributed by atoms with Crippen LogP contribution in [0.3, 0.4) is 0 Å². The molecule has 2 atom stereocenters. The number of benzene rings is 2. The Balaban J connectivity index is 0.000000653. The molecule has 0 bridgehead atoms. The van der Waals surface area contributed by atoms with Gasteiger partial charge >= 0.3 is 9.28 Å². The molecule has 0 N–H and O–H groups in total. The fourth-order valence-corrected chi connectivity index (χ4v) is 7.04. The van der Waals surface area contributed by atoms with E-state index >= 15 is 0 Å². The maximum atomic E-state index is 10.5. The number of ketones is 1. The van der Waals surface area contributed by atoms with Gasteiger partial charge in [-0.05, 0) is 49.9 Å². The van der Waals surface area contributed by atoms with Crippen LogP contribution in [-0.4, -0.2) is 34.7 Å². The van der Waals surface area contributed by atoms with E-state index in [2.05, 4.69) is 46.5 Å². The Bertz CT molecular complexity index is 776. The fourth-order valence-electron chi connectivity index (χ4n) is 4.88. The number of halogens is 1. The summed E-state index contributed by atoms with van der Waals surface area (Å²) in [5, 5.41) is 1.31. The molecule has 8 heteroatoms. The summed E-state index contributed by atoms with van der Waals surface area (Å²) in [6.45, 7) is 2.46. The van der Waals surface area contributed by atoms with E-state index < -0.39 is 9.28 Å². The van der Waals surface area contributed by atoms with Crippen LogP contribution < -0.4 is 5.19 Å². The molecule has 41 heavy (non-hydrogen) atoms. The van der Waals surface area contributed by atoms with Gasteiger partial charge < -0.3 is 8.85 Å². The van der Waals surface area contributed by atoms with Gasteiger partial charge in [-0.1, -0.05) is 154 Å². The summed E-state index contributed by atoms with van der Waals surface area (Å²) in [5.74, 6) is 0.464. The molecule has 0 spiro atoms. The predicted molar refractivity (Wildman–Crippen MR) is 192 cm³/mol. The van der Waals surface area contributed by atoms with Crippen LogP contribution in [0.15, 0.2) is 66.7 Å². The summed E-state index contributed by atoms with van der Waals surface area (Å²) < 4.78 is 19.2. The minimum absolute atomic E-state index is 0. The summed E-state index contributed by atoms with van der Waals surface area (Å²) >= 11 is 1.98. The summed E-state index contributed by atoms with van der Waals surface area (Å²) in [6, 6.07) is 22.7. The molecule has 2 aromatic carbocycles. The van der Waals surface area contributed by atoms with Gasteiger partial charge in [-0.15, -0.1) is 9.24 Å². The average Bonchev–Trinajstić information content (AvgIpc) is 3.04. The molecule has 5 rings (SSSR count). The molecule has 3 nitrogen and oxygen atoms in total. The second-order valence-electron chi connectivity index (χ2n) is 10.6. The molecule has 1 radical (unpaired) electrons. The van der Waals surface area contributed by atoms with Gasteiger partial charge in [0.25, 0.3) is 0 Å². The van der Waals surface area contributed by atoms with E-state index in [1.54, 1.807) is 0 Å². The third-order valence-electron chi connectivity index (χ3n) is 7.17. The van der Waals surface area contributed by atoms with Crippen molar-refractivity contribution in [2.45, 2.75) is 122 Å². The minimum atomic E-state index is -1.74. The Morgan fingerprint density at radius 2 is 1.10 bits per heavy atom. The van der Waals surface area contributed by atoms with Gasteiger partial charge in [0.15, 0.2) is 0 Å². The molecule has 233 valence electrons. The molecule has 3 saturated carbocycles. The molecular formula is C33H55IMnO3P2Si. The number of hydrogen-bond donors (Lipinski definition) is 0. The van der Waals surface area contributed by atoms with Crippen molar-refractivity contribution in [1.82, 2.24) is 0 Å². The molecule has 0 aliphatic heterocycles. The van der Waals surface area contributed by atoms with Crippen LogP contribution >= 0.6 is 38.1 Å². The van der Waals surface area contributed by atoms with Crippen molar-refractivity contribution < 1.29 is 30.7 Å². The van der Waals surface area contributed by atoms with E-state index in [1.807, 2.05) is 58.4 Å². The smallest absolute Gasteiger partial charge is 0.356 e. The van der Waals surface area contributed by atoms with Crippen molar-refractivity contribution in [2.24, 2.45) is 0 Å². The van der Waals surface area contributed by atoms with Gasteiger partial charge in [0, 0.05) is 42.1 Å². The minimum Gasteiger partial charge on any atom is -0.390 e. The molecule has 2 aromatic rings. The summed E-state index contributed by atoms with van der Waals surface area (Å²) in [6.07, 6.45) is 21.6. The maximum absolute atomic E-state index is 10.5. The number of carbonyl (C=O) groups is 1.